The van der Waals surface area contributed by atoms with Gasteiger partial charge in [-0.25, -0.2) is 0 Å². The summed E-state index contributed by atoms with van der Waals surface area (Å²) in [4.78, 5) is 30.4. The van der Waals surface area contributed by atoms with Gasteiger partial charge in [0.05, 0.1) is 12.3 Å². The van der Waals surface area contributed by atoms with Crippen LogP contribution in [0.1, 0.15) is 42.7 Å². The SMILES string of the molecule is CC(=O)Nc1ccc(-c2noc(C3CCCN(C(=O)Cc4ccc(C)cc4)C3)n2)cc1. The molecule has 1 N–H and O–H groups in total. The van der Waals surface area contributed by atoms with Gasteiger partial charge in [-0.3, -0.25) is 9.59 Å². The van der Waals surface area contributed by atoms with E-state index in [0.717, 1.165) is 36.2 Å². The van der Waals surface area contributed by atoms with E-state index in [1.165, 1.54) is 12.5 Å². The van der Waals surface area contributed by atoms with Crippen LogP contribution in [0.4, 0.5) is 5.69 Å². The summed E-state index contributed by atoms with van der Waals surface area (Å²) in [7, 11) is 0. The Morgan fingerprint density at radius 1 is 1.13 bits per heavy atom. The third-order valence-corrected chi connectivity index (χ3v) is 5.50. The van der Waals surface area contributed by atoms with Crippen molar-refractivity contribution >= 4 is 17.5 Å². The minimum atomic E-state index is -0.117. The first kappa shape index (κ1) is 20.8. The van der Waals surface area contributed by atoms with Gasteiger partial charge in [-0.2, -0.15) is 4.98 Å². The van der Waals surface area contributed by atoms with Crippen LogP contribution in [0.25, 0.3) is 11.4 Å². The number of benzene rings is 2. The molecule has 7 heteroatoms. The molecule has 2 aromatic carbocycles. The van der Waals surface area contributed by atoms with Gasteiger partial charge in [-0.15, -0.1) is 0 Å². The molecule has 0 saturated carbocycles. The standard InChI is InChI=1S/C24H26N4O3/c1-16-5-7-18(8-6-16)14-22(30)28-13-3-4-20(15-28)24-26-23(27-31-24)19-9-11-21(12-10-19)25-17(2)29/h5-12,20H,3-4,13-15H2,1-2H3,(H,25,29). The highest BCUT2D eigenvalue weighted by atomic mass is 16.5. The van der Waals surface area contributed by atoms with Crippen molar-refractivity contribution in [2.24, 2.45) is 0 Å². The molecule has 31 heavy (non-hydrogen) atoms. The van der Waals surface area contributed by atoms with Crippen LogP contribution in [-0.4, -0.2) is 39.9 Å². The lowest BCUT2D eigenvalue weighted by molar-refractivity contribution is -0.131. The van der Waals surface area contributed by atoms with Gasteiger partial charge in [-0.1, -0.05) is 35.0 Å². The molecular formula is C24H26N4O3. The Bertz CT molecular complexity index is 1060. The van der Waals surface area contributed by atoms with E-state index < -0.39 is 0 Å². The number of piperidine rings is 1. The molecule has 0 radical (unpaired) electrons. The molecule has 4 rings (SSSR count). The van der Waals surface area contributed by atoms with Crippen LogP contribution < -0.4 is 5.32 Å². The Morgan fingerprint density at radius 3 is 2.58 bits per heavy atom. The molecule has 7 nitrogen and oxygen atoms in total. The highest BCUT2D eigenvalue weighted by Crippen LogP contribution is 2.28. The molecule has 3 aromatic rings. The number of aromatic nitrogens is 2. The second kappa shape index (κ2) is 9.12. The highest BCUT2D eigenvalue weighted by molar-refractivity contribution is 5.88. The average molecular weight is 418 g/mol. The summed E-state index contributed by atoms with van der Waals surface area (Å²) in [6, 6.07) is 15.4. The highest BCUT2D eigenvalue weighted by Gasteiger charge is 2.28. The largest absolute Gasteiger partial charge is 0.342 e. The van der Waals surface area contributed by atoms with Gasteiger partial charge in [0.25, 0.3) is 0 Å². The van der Waals surface area contributed by atoms with Crippen LogP contribution in [-0.2, 0) is 16.0 Å². The maximum Gasteiger partial charge on any atom is 0.231 e. The van der Waals surface area contributed by atoms with Crippen LogP contribution in [0.2, 0.25) is 0 Å². The molecule has 2 heterocycles. The third kappa shape index (κ3) is 5.17. The van der Waals surface area contributed by atoms with Gasteiger partial charge >= 0.3 is 0 Å². The number of likely N-dealkylation sites (tertiary alicyclic amines) is 1. The zero-order chi connectivity index (χ0) is 21.8. The lowest BCUT2D eigenvalue weighted by Gasteiger charge is -2.31. The van der Waals surface area contributed by atoms with Crippen LogP contribution in [0.15, 0.2) is 53.1 Å². The van der Waals surface area contributed by atoms with Crippen LogP contribution >= 0.6 is 0 Å². The normalized spacial score (nSPS) is 16.2. The van der Waals surface area contributed by atoms with Gasteiger partial charge < -0.3 is 14.7 Å². The number of carbonyl (C=O) groups is 2. The van der Waals surface area contributed by atoms with Crippen molar-refractivity contribution < 1.29 is 14.1 Å². The topological polar surface area (TPSA) is 88.3 Å². The number of rotatable bonds is 5. The number of hydrogen-bond acceptors (Lipinski definition) is 5. The minimum Gasteiger partial charge on any atom is -0.342 e. The molecular weight excluding hydrogens is 392 g/mol. The number of nitrogens with zero attached hydrogens (tertiary/aromatic N) is 3. The van der Waals surface area contributed by atoms with Gasteiger partial charge in [-0.05, 0) is 49.6 Å². The quantitative estimate of drug-likeness (QED) is 0.678. The lowest BCUT2D eigenvalue weighted by atomic mass is 9.97. The second-order valence-corrected chi connectivity index (χ2v) is 8.06. The van der Waals surface area contributed by atoms with E-state index in [0.29, 0.717) is 24.7 Å². The van der Waals surface area contributed by atoms with Crippen molar-refractivity contribution in [3.05, 3.63) is 65.5 Å². The molecule has 0 spiro atoms. The maximum absolute atomic E-state index is 12.8. The van der Waals surface area contributed by atoms with Gasteiger partial charge in [0.15, 0.2) is 0 Å². The van der Waals surface area contributed by atoms with E-state index in [2.05, 4.69) is 15.5 Å². The van der Waals surface area contributed by atoms with Gasteiger partial charge in [0.1, 0.15) is 0 Å². The molecule has 1 saturated heterocycles. The molecule has 0 bridgehead atoms. The Morgan fingerprint density at radius 2 is 1.87 bits per heavy atom. The first-order valence-corrected chi connectivity index (χ1v) is 10.5. The molecule has 160 valence electrons. The molecule has 1 atom stereocenters. The third-order valence-electron chi connectivity index (χ3n) is 5.50. The van der Waals surface area contributed by atoms with Crippen LogP contribution in [0.5, 0.6) is 0 Å². The van der Waals surface area contributed by atoms with Crippen molar-refractivity contribution in [2.45, 2.75) is 39.0 Å². The number of carbonyl (C=O) groups excluding carboxylic acids is 2. The fraction of sp³-hybridized carbons (Fsp3) is 0.333. The van der Waals surface area contributed by atoms with Crippen molar-refractivity contribution in [1.29, 1.82) is 0 Å². The van der Waals surface area contributed by atoms with E-state index in [1.807, 2.05) is 48.2 Å². The Kier molecular flexibility index (Phi) is 6.11. The summed E-state index contributed by atoms with van der Waals surface area (Å²) < 4.78 is 5.54. The molecule has 0 aliphatic carbocycles. The van der Waals surface area contributed by atoms with Crippen LogP contribution in [0, 0.1) is 6.92 Å². The van der Waals surface area contributed by atoms with E-state index in [1.54, 1.807) is 12.1 Å². The lowest BCUT2D eigenvalue weighted by Crippen LogP contribution is -2.40. The summed E-state index contributed by atoms with van der Waals surface area (Å²) in [5, 5.41) is 6.86. The van der Waals surface area contributed by atoms with E-state index >= 15 is 0 Å². The minimum absolute atomic E-state index is 0.0376. The molecule has 1 unspecified atom stereocenters. The Balaban J connectivity index is 1.40. The molecule has 1 aliphatic rings. The van der Waals surface area contributed by atoms with Crippen LogP contribution in [0.3, 0.4) is 0 Å². The molecule has 1 aromatic heterocycles. The van der Waals surface area contributed by atoms with Crippen molar-refractivity contribution in [1.82, 2.24) is 15.0 Å². The van der Waals surface area contributed by atoms with Crippen molar-refractivity contribution in [3.63, 3.8) is 0 Å². The summed E-state index contributed by atoms with van der Waals surface area (Å²) in [5.41, 5.74) is 3.74. The number of hydrogen-bond donors (Lipinski definition) is 1. The summed E-state index contributed by atoms with van der Waals surface area (Å²) in [6.45, 7) is 4.86. The first-order chi connectivity index (χ1) is 15.0. The van der Waals surface area contributed by atoms with E-state index in [4.69, 9.17) is 4.52 Å². The Labute approximate surface area is 181 Å². The zero-order valence-corrected chi connectivity index (χ0v) is 17.8. The van der Waals surface area contributed by atoms with E-state index in [9.17, 15) is 9.59 Å². The average Bonchev–Trinajstić information content (AvgIpc) is 3.26. The van der Waals surface area contributed by atoms with Crippen molar-refractivity contribution in [2.75, 3.05) is 18.4 Å². The first-order valence-electron chi connectivity index (χ1n) is 10.5. The molecule has 1 aliphatic heterocycles. The maximum atomic E-state index is 12.8. The fourth-order valence-electron chi connectivity index (χ4n) is 3.82. The predicted octanol–water partition coefficient (Wildman–Crippen LogP) is 3.95. The van der Waals surface area contributed by atoms with Crippen molar-refractivity contribution in [3.8, 4) is 11.4 Å². The van der Waals surface area contributed by atoms with Gasteiger partial charge in [0, 0.05) is 31.3 Å². The second-order valence-electron chi connectivity index (χ2n) is 8.06. The number of nitrogens with one attached hydrogen (secondary N) is 1. The summed E-state index contributed by atoms with van der Waals surface area (Å²) >= 11 is 0. The van der Waals surface area contributed by atoms with E-state index in [-0.39, 0.29) is 17.7 Å². The molecule has 1 fully saturated rings. The number of amides is 2. The smallest absolute Gasteiger partial charge is 0.231 e. The fourth-order valence-corrected chi connectivity index (χ4v) is 3.82. The summed E-state index contributed by atoms with van der Waals surface area (Å²) in [5.74, 6) is 1.12. The molecule has 2 amide bonds. The monoisotopic (exact) mass is 418 g/mol. The number of anilines is 1. The Hall–Kier alpha value is -3.48. The van der Waals surface area contributed by atoms with Gasteiger partial charge in [0.2, 0.25) is 23.5 Å². The predicted molar refractivity (Wildman–Crippen MR) is 117 cm³/mol. The number of aryl methyl sites for hydroxylation is 1. The summed E-state index contributed by atoms with van der Waals surface area (Å²) in [6.07, 6.45) is 2.23. The zero-order valence-electron chi connectivity index (χ0n) is 17.8.